The number of carbonyl (C=O) groups excluding carboxylic acids is 1. The van der Waals surface area contributed by atoms with E-state index in [4.69, 9.17) is 0 Å². The molecule has 0 aliphatic heterocycles. The number of Topliss-reactive ketones (excluding diaryl/α,β-unsaturated/α-hetero) is 1. The van der Waals surface area contributed by atoms with Crippen molar-refractivity contribution in [3.8, 4) is 11.4 Å². The Labute approximate surface area is 125 Å². The maximum atomic E-state index is 11.7. The molecule has 0 bridgehead atoms. The lowest BCUT2D eigenvalue weighted by Gasteiger charge is -2.10. The third-order valence-corrected chi connectivity index (χ3v) is 3.32. The van der Waals surface area contributed by atoms with Gasteiger partial charge < -0.3 is 5.11 Å². The number of fused-ring (bicyclic) bond motifs is 1. The van der Waals surface area contributed by atoms with Gasteiger partial charge in [0, 0.05) is 18.0 Å². The van der Waals surface area contributed by atoms with Crippen molar-refractivity contribution in [2.75, 3.05) is 0 Å². The monoisotopic (exact) mass is 295 g/mol. The van der Waals surface area contributed by atoms with E-state index in [1.165, 1.54) is 17.8 Å². The minimum absolute atomic E-state index is 0.301. The average molecular weight is 295 g/mol. The van der Waals surface area contributed by atoms with Crippen LogP contribution in [0.25, 0.3) is 16.6 Å². The fourth-order valence-corrected chi connectivity index (χ4v) is 2.25. The molecule has 0 saturated carbocycles. The quantitative estimate of drug-likeness (QED) is 0.731. The van der Waals surface area contributed by atoms with Crippen LogP contribution in [0.2, 0.25) is 0 Å². The van der Waals surface area contributed by atoms with Crippen molar-refractivity contribution >= 4 is 16.7 Å². The maximum absolute atomic E-state index is 11.7. The molecular weight excluding hydrogens is 282 g/mol. The molecule has 0 aliphatic carbocycles. The van der Waals surface area contributed by atoms with Crippen molar-refractivity contribution in [1.82, 2.24) is 14.8 Å². The van der Waals surface area contributed by atoms with Crippen LogP contribution in [0, 0.1) is 6.92 Å². The first-order chi connectivity index (χ1) is 10.5. The number of para-hydroxylation sites is 1. The second-order valence-electron chi connectivity index (χ2n) is 4.99. The molecule has 0 saturated heterocycles. The van der Waals surface area contributed by atoms with E-state index >= 15 is 0 Å². The van der Waals surface area contributed by atoms with Gasteiger partial charge >= 0.3 is 0 Å². The summed E-state index contributed by atoms with van der Waals surface area (Å²) < 4.78 is 1.31. The normalized spacial score (nSPS) is 10.8. The molecule has 2 aromatic heterocycles. The molecule has 3 aromatic rings. The van der Waals surface area contributed by atoms with Gasteiger partial charge in [-0.15, -0.1) is 0 Å². The van der Waals surface area contributed by atoms with Crippen molar-refractivity contribution in [2.24, 2.45) is 0 Å². The molecule has 6 nitrogen and oxygen atoms in total. The van der Waals surface area contributed by atoms with Gasteiger partial charge in [-0.2, -0.15) is 5.10 Å². The van der Waals surface area contributed by atoms with Crippen molar-refractivity contribution in [2.45, 2.75) is 13.8 Å². The molecule has 1 aromatic carbocycles. The highest BCUT2D eigenvalue weighted by Crippen LogP contribution is 2.21. The van der Waals surface area contributed by atoms with Crippen LogP contribution in [0.5, 0.6) is 5.75 Å². The molecule has 0 fully saturated rings. The summed E-state index contributed by atoms with van der Waals surface area (Å²) in [6.07, 6.45) is 1.19. The van der Waals surface area contributed by atoms with Crippen molar-refractivity contribution in [3.05, 3.63) is 58.1 Å². The molecular formula is C16H13N3O3. The van der Waals surface area contributed by atoms with E-state index in [0.717, 1.165) is 11.1 Å². The Balaban J connectivity index is 2.35. The fourth-order valence-electron chi connectivity index (χ4n) is 2.25. The van der Waals surface area contributed by atoms with Crippen LogP contribution in [0.15, 0.2) is 41.3 Å². The zero-order valence-electron chi connectivity index (χ0n) is 12.1. The third kappa shape index (κ3) is 2.24. The Hall–Kier alpha value is -3.02. The molecule has 1 N–H and O–H groups in total. The maximum Gasteiger partial charge on any atom is 0.252 e. The third-order valence-electron chi connectivity index (χ3n) is 3.32. The van der Waals surface area contributed by atoms with Crippen LogP contribution >= 0.6 is 0 Å². The SMILES string of the molecule is CC(=O)c1nn(-c2cccc3ccc(C)nc23)cc(O)c1=O. The summed E-state index contributed by atoms with van der Waals surface area (Å²) in [4.78, 5) is 27.7. The fraction of sp³-hybridized carbons (Fsp3) is 0.125. The lowest BCUT2D eigenvalue weighted by atomic mass is 10.1. The number of pyridine rings is 1. The lowest BCUT2D eigenvalue weighted by Crippen LogP contribution is -2.20. The zero-order valence-corrected chi connectivity index (χ0v) is 12.1. The second-order valence-corrected chi connectivity index (χ2v) is 4.99. The molecule has 0 atom stereocenters. The molecule has 0 amide bonds. The predicted molar refractivity (Wildman–Crippen MR) is 81.5 cm³/mol. The van der Waals surface area contributed by atoms with E-state index in [1.54, 1.807) is 6.07 Å². The molecule has 0 aliphatic rings. The number of nitrogens with zero attached hydrogens (tertiary/aromatic N) is 3. The van der Waals surface area contributed by atoms with E-state index in [0.29, 0.717) is 11.2 Å². The molecule has 6 heteroatoms. The Morgan fingerprint density at radius 1 is 1.23 bits per heavy atom. The van der Waals surface area contributed by atoms with Gasteiger partial charge in [0.05, 0.1) is 17.4 Å². The number of hydrogen-bond donors (Lipinski definition) is 1. The summed E-state index contributed by atoms with van der Waals surface area (Å²) in [5.41, 5.74) is 1.02. The summed E-state index contributed by atoms with van der Waals surface area (Å²) in [6, 6.07) is 9.30. The molecule has 110 valence electrons. The standard InChI is InChI=1S/C16H13N3O3/c1-9-6-7-11-4-3-5-12(15(11)17-9)19-8-13(21)16(22)14(18-19)10(2)20/h3-8,21H,1-2H3. The number of aryl methyl sites for hydroxylation is 1. The van der Waals surface area contributed by atoms with Crippen LogP contribution in [-0.4, -0.2) is 25.7 Å². The predicted octanol–water partition coefficient (Wildman–Crippen LogP) is 2.00. The van der Waals surface area contributed by atoms with Gasteiger partial charge in [-0.3, -0.25) is 14.6 Å². The largest absolute Gasteiger partial charge is 0.503 e. The Kier molecular flexibility index (Phi) is 3.21. The highest BCUT2D eigenvalue weighted by Gasteiger charge is 2.15. The van der Waals surface area contributed by atoms with Gasteiger partial charge in [0.2, 0.25) is 0 Å². The molecule has 0 unspecified atom stereocenters. The van der Waals surface area contributed by atoms with E-state index in [9.17, 15) is 14.7 Å². The van der Waals surface area contributed by atoms with Crippen LogP contribution in [0.1, 0.15) is 23.1 Å². The van der Waals surface area contributed by atoms with Gasteiger partial charge in [-0.25, -0.2) is 4.68 Å². The summed E-state index contributed by atoms with van der Waals surface area (Å²) in [5, 5.41) is 14.7. The Morgan fingerprint density at radius 3 is 2.73 bits per heavy atom. The molecule has 3 rings (SSSR count). The van der Waals surface area contributed by atoms with Gasteiger partial charge in [-0.1, -0.05) is 18.2 Å². The number of ketones is 1. The average Bonchev–Trinajstić information content (AvgIpc) is 2.49. The summed E-state index contributed by atoms with van der Waals surface area (Å²) in [6.45, 7) is 3.10. The van der Waals surface area contributed by atoms with Crippen molar-refractivity contribution < 1.29 is 9.90 Å². The van der Waals surface area contributed by atoms with Gasteiger partial charge in [-0.05, 0) is 19.1 Å². The molecule has 0 radical (unpaired) electrons. The van der Waals surface area contributed by atoms with E-state index in [-0.39, 0.29) is 5.69 Å². The number of benzene rings is 1. The Morgan fingerprint density at radius 2 is 2.00 bits per heavy atom. The number of aromatic nitrogens is 3. The minimum Gasteiger partial charge on any atom is -0.503 e. The highest BCUT2D eigenvalue weighted by molar-refractivity contribution is 5.92. The smallest absolute Gasteiger partial charge is 0.252 e. The first-order valence-electron chi connectivity index (χ1n) is 6.68. The number of carbonyl (C=O) groups is 1. The first-order valence-corrected chi connectivity index (χ1v) is 6.68. The topological polar surface area (TPSA) is 85.1 Å². The molecule has 22 heavy (non-hydrogen) atoms. The van der Waals surface area contributed by atoms with E-state index < -0.39 is 17.0 Å². The minimum atomic E-state index is -0.770. The van der Waals surface area contributed by atoms with Gasteiger partial charge in [0.25, 0.3) is 5.43 Å². The number of rotatable bonds is 2. The summed E-state index contributed by atoms with van der Waals surface area (Å²) in [5.74, 6) is -1.02. The van der Waals surface area contributed by atoms with Crippen LogP contribution in [0.3, 0.4) is 0 Å². The van der Waals surface area contributed by atoms with Gasteiger partial charge in [0.15, 0.2) is 17.2 Å². The number of aromatic hydroxyl groups is 1. The van der Waals surface area contributed by atoms with Crippen molar-refractivity contribution in [1.29, 1.82) is 0 Å². The second kappa shape index (κ2) is 5.07. The molecule has 2 heterocycles. The highest BCUT2D eigenvalue weighted by atomic mass is 16.3. The Bertz CT molecular complexity index is 960. The van der Waals surface area contributed by atoms with Gasteiger partial charge in [0.1, 0.15) is 0 Å². The van der Waals surface area contributed by atoms with Crippen LogP contribution in [-0.2, 0) is 0 Å². The first kappa shape index (κ1) is 13.9. The van der Waals surface area contributed by atoms with Crippen LogP contribution in [0.4, 0.5) is 0 Å². The molecule has 0 spiro atoms. The van der Waals surface area contributed by atoms with E-state index in [2.05, 4.69) is 10.1 Å². The van der Waals surface area contributed by atoms with E-state index in [1.807, 2.05) is 31.2 Å². The van der Waals surface area contributed by atoms with Crippen LogP contribution < -0.4 is 5.43 Å². The number of hydrogen-bond acceptors (Lipinski definition) is 5. The summed E-state index contributed by atoms with van der Waals surface area (Å²) >= 11 is 0. The zero-order chi connectivity index (χ0) is 15.9. The van der Waals surface area contributed by atoms with Crippen molar-refractivity contribution in [3.63, 3.8) is 0 Å². The lowest BCUT2D eigenvalue weighted by molar-refractivity contribution is 0.100. The summed E-state index contributed by atoms with van der Waals surface area (Å²) in [7, 11) is 0.